The number of anilines is 1. The van der Waals surface area contributed by atoms with Gasteiger partial charge in [-0.15, -0.1) is 0 Å². The minimum Gasteiger partial charge on any atom is -0.357 e. The summed E-state index contributed by atoms with van der Waals surface area (Å²) in [6, 6.07) is 18.5. The van der Waals surface area contributed by atoms with Gasteiger partial charge in [0, 0.05) is 35.6 Å². The predicted molar refractivity (Wildman–Crippen MR) is 153 cm³/mol. The van der Waals surface area contributed by atoms with Crippen molar-refractivity contribution in [3.8, 4) is 0 Å². The molecule has 0 heterocycles. The van der Waals surface area contributed by atoms with Gasteiger partial charge in [-0.05, 0) is 54.8 Å². The van der Waals surface area contributed by atoms with Crippen LogP contribution in [0.3, 0.4) is 0 Å². The van der Waals surface area contributed by atoms with Crippen LogP contribution in [0.5, 0.6) is 0 Å². The van der Waals surface area contributed by atoms with Gasteiger partial charge in [-0.3, -0.25) is 13.9 Å². The second kappa shape index (κ2) is 12.7. The standard InChI is InChI=1S/C28H31Cl2N3O4S/c1-19-13-14-22(15-20(19)2)33(38(4,36)37)18-27(34)32(17-23-24(29)11-8-12-25(23)30)26(28(35)31-3)16-21-9-6-5-7-10-21/h5-15,26H,16-18H2,1-4H3,(H,31,35)/t26-/m1/s1. The summed E-state index contributed by atoms with van der Waals surface area (Å²) >= 11 is 12.9. The lowest BCUT2D eigenvalue weighted by Gasteiger charge is -2.33. The molecule has 0 unspecified atom stereocenters. The molecule has 3 rings (SSSR count). The van der Waals surface area contributed by atoms with E-state index in [0.717, 1.165) is 27.3 Å². The maximum atomic E-state index is 14.0. The number of likely N-dealkylation sites (N-methyl/N-ethyl adjacent to an activating group) is 1. The maximum absolute atomic E-state index is 14.0. The molecular weight excluding hydrogens is 545 g/mol. The van der Waals surface area contributed by atoms with Crippen LogP contribution in [-0.4, -0.2) is 51.0 Å². The van der Waals surface area contributed by atoms with Crippen molar-refractivity contribution in [2.24, 2.45) is 0 Å². The fourth-order valence-corrected chi connectivity index (χ4v) is 5.43. The van der Waals surface area contributed by atoms with Crippen LogP contribution in [-0.2, 0) is 32.6 Å². The Labute approximate surface area is 234 Å². The van der Waals surface area contributed by atoms with Gasteiger partial charge in [0.2, 0.25) is 21.8 Å². The molecule has 1 N–H and O–H groups in total. The fraction of sp³-hybridized carbons (Fsp3) is 0.286. The SMILES string of the molecule is CNC(=O)[C@@H](Cc1ccccc1)N(Cc1c(Cl)cccc1Cl)C(=O)CN(c1ccc(C)c(C)c1)S(C)(=O)=O. The van der Waals surface area contributed by atoms with Crippen molar-refractivity contribution in [3.05, 3.63) is 99.0 Å². The number of carbonyl (C=O) groups excluding carboxylic acids is 2. The van der Waals surface area contributed by atoms with Gasteiger partial charge in [0.15, 0.2) is 0 Å². The third-order valence-electron chi connectivity index (χ3n) is 6.37. The molecule has 0 aromatic heterocycles. The monoisotopic (exact) mass is 575 g/mol. The normalized spacial score (nSPS) is 12.1. The van der Waals surface area contributed by atoms with Crippen LogP contribution < -0.4 is 9.62 Å². The van der Waals surface area contributed by atoms with Gasteiger partial charge < -0.3 is 10.2 Å². The van der Waals surface area contributed by atoms with Gasteiger partial charge in [0.1, 0.15) is 12.6 Å². The summed E-state index contributed by atoms with van der Waals surface area (Å²) in [7, 11) is -2.35. The van der Waals surface area contributed by atoms with Crippen LogP contribution in [0.1, 0.15) is 22.3 Å². The number of rotatable bonds is 10. The summed E-state index contributed by atoms with van der Waals surface area (Å²) in [5, 5.41) is 3.30. The van der Waals surface area contributed by atoms with Crippen molar-refractivity contribution >= 4 is 50.7 Å². The van der Waals surface area contributed by atoms with Crippen LogP contribution in [0.15, 0.2) is 66.7 Å². The van der Waals surface area contributed by atoms with E-state index in [4.69, 9.17) is 23.2 Å². The van der Waals surface area contributed by atoms with E-state index in [1.807, 2.05) is 44.2 Å². The molecule has 0 aliphatic rings. The van der Waals surface area contributed by atoms with Crippen LogP contribution in [0.25, 0.3) is 0 Å². The topological polar surface area (TPSA) is 86.8 Å². The minimum atomic E-state index is -3.84. The molecule has 3 aromatic carbocycles. The molecule has 0 spiro atoms. The predicted octanol–water partition coefficient (Wildman–Crippen LogP) is 4.76. The van der Waals surface area contributed by atoms with Gasteiger partial charge in [0.25, 0.3) is 0 Å². The zero-order valence-corrected chi connectivity index (χ0v) is 24.1. The Bertz CT molecular complexity index is 1390. The number of sulfonamides is 1. The first-order valence-corrected chi connectivity index (χ1v) is 14.6. The van der Waals surface area contributed by atoms with Crippen LogP contribution in [0.2, 0.25) is 10.0 Å². The maximum Gasteiger partial charge on any atom is 0.244 e. The number of carbonyl (C=O) groups is 2. The third kappa shape index (κ3) is 7.28. The molecule has 0 radical (unpaired) electrons. The van der Waals surface area contributed by atoms with E-state index >= 15 is 0 Å². The number of benzene rings is 3. The number of hydrogen-bond donors (Lipinski definition) is 1. The molecular formula is C28H31Cl2N3O4S. The quantitative estimate of drug-likeness (QED) is 0.377. The zero-order valence-electron chi connectivity index (χ0n) is 21.7. The molecule has 0 saturated carbocycles. The molecule has 202 valence electrons. The molecule has 0 bridgehead atoms. The zero-order chi connectivity index (χ0) is 28.0. The Balaban J connectivity index is 2.08. The second-order valence-electron chi connectivity index (χ2n) is 9.08. The summed E-state index contributed by atoms with van der Waals surface area (Å²) in [6.45, 7) is 3.19. The van der Waals surface area contributed by atoms with E-state index in [2.05, 4.69) is 5.32 Å². The average Bonchev–Trinajstić information content (AvgIpc) is 2.87. The van der Waals surface area contributed by atoms with E-state index in [1.54, 1.807) is 36.4 Å². The summed E-state index contributed by atoms with van der Waals surface area (Å²) in [4.78, 5) is 28.5. The Kier molecular flexibility index (Phi) is 9.82. The minimum absolute atomic E-state index is 0.0905. The van der Waals surface area contributed by atoms with Gasteiger partial charge in [-0.1, -0.05) is 65.7 Å². The van der Waals surface area contributed by atoms with Crippen molar-refractivity contribution in [2.75, 3.05) is 24.2 Å². The molecule has 38 heavy (non-hydrogen) atoms. The van der Waals surface area contributed by atoms with E-state index in [1.165, 1.54) is 11.9 Å². The van der Waals surface area contributed by atoms with E-state index in [0.29, 0.717) is 21.3 Å². The van der Waals surface area contributed by atoms with Crippen LogP contribution in [0.4, 0.5) is 5.69 Å². The van der Waals surface area contributed by atoms with Crippen molar-refractivity contribution in [3.63, 3.8) is 0 Å². The molecule has 3 aromatic rings. The van der Waals surface area contributed by atoms with Crippen LogP contribution >= 0.6 is 23.2 Å². The molecule has 0 aliphatic carbocycles. The third-order valence-corrected chi connectivity index (χ3v) is 8.21. The summed E-state index contributed by atoms with van der Waals surface area (Å²) < 4.78 is 26.7. The Morgan fingerprint density at radius 1 is 0.921 bits per heavy atom. The molecule has 1 atom stereocenters. The Morgan fingerprint density at radius 3 is 2.11 bits per heavy atom. The molecule has 7 nitrogen and oxygen atoms in total. The highest BCUT2D eigenvalue weighted by atomic mass is 35.5. The highest BCUT2D eigenvalue weighted by Crippen LogP contribution is 2.28. The number of amides is 2. The highest BCUT2D eigenvalue weighted by molar-refractivity contribution is 7.92. The number of hydrogen-bond acceptors (Lipinski definition) is 4. The first-order chi connectivity index (χ1) is 17.9. The number of nitrogens with zero attached hydrogens (tertiary/aromatic N) is 2. The summed E-state index contributed by atoms with van der Waals surface area (Å²) in [5.41, 5.74) is 3.53. The lowest BCUT2D eigenvalue weighted by Crippen LogP contribution is -2.53. The van der Waals surface area contributed by atoms with E-state index in [-0.39, 0.29) is 13.0 Å². The van der Waals surface area contributed by atoms with Gasteiger partial charge in [0.05, 0.1) is 11.9 Å². The fourth-order valence-electron chi connectivity index (χ4n) is 4.07. The second-order valence-corrected chi connectivity index (χ2v) is 11.8. The molecule has 0 saturated heterocycles. The number of aryl methyl sites for hydroxylation is 2. The molecule has 2 amide bonds. The van der Waals surface area contributed by atoms with E-state index < -0.39 is 34.4 Å². The highest BCUT2D eigenvalue weighted by Gasteiger charge is 2.33. The van der Waals surface area contributed by atoms with Crippen molar-refractivity contribution < 1.29 is 18.0 Å². The summed E-state index contributed by atoms with van der Waals surface area (Å²) in [6.07, 6.45) is 1.25. The van der Waals surface area contributed by atoms with E-state index in [9.17, 15) is 18.0 Å². The summed E-state index contributed by atoms with van der Waals surface area (Å²) in [5.74, 6) is -0.975. The van der Waals surface area contributed by atoms with Gasteiger partial charge >= 0.3 is 0 Å². The number of halogens is 2. The van der Waals surface area contributed by atoms with Crippen molar-refractivity contribution in [1.29, 1.82) is 0 Å². The van der Waals surface area contributed by atoms with Gasteiger partial charge in [-0.25, -0.2) is 8.42 Å². The van der Waals surface area contributed by atoms with Crippen LogP contribution in [0, 0.1) is 13.8 Å². The largest absolute Gasteiger partial charge is 0.357 e. The first kappa shape index (κ1) is 29.5. The molecule has 0 aliphatic heterocycles. The first-order valence-electron chi connectivity index (χ1n) is 11.9. The average molecular weight is 577 g/mol. The van der Waals surface area contributed by atoms with Crippen molar-refractivity contribution in [2.45, 2.75) is 32.9 Å². The molecule has 10 heteroatoms. The Morgan fingerprint density at radius 2 is 1.55 bits per heavy atom. The lowest BCUT2D eigenvalue weighted by molar-refractivity contribution is -0.139. The smallest absolute Gasteiger partial charge is 0.244 e. The van der Waals surface area contributed by atoms with Crippen molar-refractivity contribution in [1.82, 2.24) is 10.2 Å². The lowest BCUT2D eigenvalue weighted by atomic mass is 10.0. The number of nitrogens with one attached hydrogen (secondary N) is 1. The van der Waals surface area contributed by atoms with Gasteiger partial charge in [-0.2, -0.15) is 0 Å². The molecule has 0 fully saturated rings. The Hall–Kier alpha value is -3.07.